The van der Waals surface area contributed by atoms with Crippen molar-refractivity contribution in [3.63, 3.8) is 0 Å². The highest BCUT2D eigenvalue weighted by molar-refractivity contribution is 6.17. The molecule has 0 amide bonds. The summed E-state index contributed by atoms with van der Waals surface area (Å²) in [7, 11) is 1.55. The van der Waals surface area contributed by atoms with Crippen LogP contribution in [0.3, 0.4) is 0 Å². The number of ether oxygens (including phenoxy) is 1. The van der Waals surface area contributed by atoms with Gasteiger partial charge in [-0.15, -0.1) is 0 Å². The van der Waals surface area contributed by atoms with Crippen molar-refractivity contribution < 1.29 is 4.74 Å². The van der Waals surface area contributed by atoms with E-state index in [1.54, 1.807) is 7.11 Å². The second-order valence-corrected chi connectivity index (χ2v) is 0.616. The van der Waals surface area contributed by atoms with Crippen molar-refractivity contribution in [2.24, 2.45) is 0 Å². The van der Waals surface area contributed by atoms with Gasteiger partial charge in [0.25, 0.3) is 0 Å². The van der Waals surface area contributed by atoms with Crippen LogP contribution in [0, 0.1) is 0 Å². The fourth-order valence-electron chi connectivity index (χ4n) is 0. The molecule has 0 spiro atoms. The normalized spacial score (nSPS) is 6.00. The van der Waals surface area contributed by atoms with Gasteiger partial charge < -0.3 is 4.74 Å². The van der Waals surface area contributed by atoms with Crippen LogP contribution in [0.2, 0.25) is 0 Å². The lowest BCUT2D eigenvalue weighted by molar-refractivity contribution is 0.254. The van der Waals surface area contributed by atoms with Crippen LogP contribution in [0.1, 0.15) is 0 Å². The predicted octanol–water partition coefficient (Wildman–Crippen LogP) is -0.0871. The Morgan fingerprint density at radius 1 is 1.80 bits per heavy atom. The highest BCUT2D eigenvalue weighted by Crippen LogP contribution is 1.66. The molecule has 1 nitrogen and oxygen atoms in total. The molecule has 0 aromatic heterocycles. The lowest BCUT2D eigenvalue weighted by Crippen LogP contribution is -1.68. The van der Waals surface area contributed by atoms with Crippen molar-refractivity contribution in [1.82, 2.24) is 0 Å². The maximum Gasteiger partial charge on any atom is 0.316 e. The molecule has 5 heavy (non-hydrogen) atoms. The molecule has 0 saturated heterocycles. The molecule has 0 bridgehead atoms. The molecular formula is C2H7ClMgO. The minimum Gasteiger partial charge on any atom is -0.369 e. The molecule has 0 fully saturated rings. The third-order valence-electron chi connectivity index (χ3n) is 0.109. The summed E-state index contributed by atoms with van der Waals surface area (Å²) in [6.07, 6.45) is 0. The SMILES string of the molecule is COCCl.[MgH2]. The summed E-state index contributed by atoms with van der Waals surface area (Å²) in [6.45, 7) is 0. The molecule has 0 N–H and O–H groups in total. The Labute approximate surface area is 52.8 Å². The first kappa shape index (κ1) is 9.39. The van der Waals surface area contributed by atoms with Gasteiger partial charge in [0.05, 0.1) is 0 Å². The van der Waals surface area contributed by atoms with Crippen molar-refractivity contribution in [3.05, 3.63) is 0 Å². The number of alkyl halides is 1. The van der Waals surface area contributed by atoms with Gasteiger partial charge in [0.1, 0.15) is 6.07 Å². The van der Waals surface area contributed by atoms with E-state index >= 15 is 0 Å². The van der Waals surface area contributed by atoms with E-state index in [1.807, 2.05) is 0 Å². The summed E-state index contributed by atoms with van der Waals surface area (Å²) in [6, 6.07) is 0.292. The van der Waals surface area contributed by atoms with E-state index in [0.717, 1.165) is 0 Å². The number of methoxy groups -OCH3 is 1. The Kier molecular flexibility index (Phi) is 16.7. The molecular weight excluding hydrogens is 99.8 g/mol. The minimum absolute atomic E-state index is 0. The molecule has 0 heterocycles. The summed E-state index contributed by atoms with van der Waals surface area (Å²) in [5.74, 6) is 0. The van der Waals surface area contributed by atoms with Crippen LogP contribution in [0.4, 0.5) is 0 Å². The van der Waals surface area contributed by atoms with Crippen molar-refractivity contribution in [2.45, 2.75) is 0 Å². The van der Waals surface area contributed by atoms with E-state index in [2.05, 4.69) is 4.74 Å². The zero-order valence-electron chi connectivity index (χ0n) is 2.49. The smallest absolute Gasteiger partial charge is 0.316 e. The zero-order valence-corrected chi connectivity index (χ0v) is 3.25. The van der Waals surface area contributed by atoms with E-state index in [0.29, 0.717) is 6.07 Å². The van der Waals surface area contributed by atoms with Crippen LogP contribution in [0.5, 0.6) is 0 Å². The highest BCUT2D eigenvalue weighted by atomic mass is 35.5. The molecule has 0 aliphatic heterocycles. The molecule has 0 rings (SSSR count). The van der Waals surface area contributed by atoms with Crippen molar-refractivity contribution in [3.8, 4) is 0 Å². The van der Waals surface area contributed by atoms with Gasteiger partial charge in [-0.3, -0.25) is 0 Å². The van der Waals surface area contributed by atoms with Gasteiger partial charge in [-0.25, -0.2) is 0 Å². The zero-order chi connectivity index (χ0) is 3.41. The standard InChI is InChI=1S/C2H5ClO.Mg.2H/c1-4-2-3;;;/h2H2,1H3;;;. The predicted molar refractivity (Wildman–Crippen MR) is 26.3 cm³/mol. The van der Waals surface area contributed by atoms with Gasteiger partial charge in [0.15, 0.2) is 0 Å². The molecule has 0 saturated carbocycles. The molecule has 0 aliphatic carbocycles. The number of hydrogen-bond donors (Lipinski definition) is 0. The van der Waals surface area contributed by atoms with E-state index in [4.69, 9.17) is 11.6 Å². The average Bonchev–Trinajstić information content (AvgIpc) is 1.37. The Bertz CT molecular complexity index is 11.6. The van der Waals surface area contributed by atoms with Gasteiger partial charge >= 0.3 is 23.1 Å². The minimum atomic E-state index is 0. The topological polar surface area (TPSA) is 9.23 Å². The average molecular weight is 107 g/mol. The number of rotatable bonds is 1. The Balaban J connectivity index is 0. The van der Waals surface area contributed by atoms with Gasteiger partial charge in [-0.05, 0) is 0 Å². The van der Waals surface area contributed by atoms with Gasteiger partial charge in [0.2, 0.25) is 0 Å². The van der Waals surface area contributed by atoms with E-state index in [1.165, 1.54) is 0 Å². The third kappa shape index (κ3) is 11.2. The molecule has 0 aromatic carbocycles. The molecule has 0 atom stereocenters. The largest absolute Gasteiger partial charge is 0.369 e. The molecule has 0 unspecified atom stereocenters. The third-order valence-corrected chi connectivity index (χ3v) is 0.327. The monoisotopic (exact) mass is 106 g/mol. The Morgan fingerprint density at radius 2 is 2.00 bits per heavy atom. The van der Waals surface area contributed by atoms with E-state index in [-0.39, 0.29) is 23.1 Å². The van der Waals surface area contributed by atoms with Crippen molar-refractivity contribution in [2.75, 3.05) is 13.2 Å². The Hall–Kier alpha value is 1.02. The molecule has 3 heteroatoms. The first-order valence-electron chi connectivity index (χ1n) is 0.964. The molecule has 0 aliphatic rings. The lowest BCUT2D eigenvalue weighted by atomic mass is 11.5. The second kappa shape index (κ2) is 8.89. The summed E-state index contributed by atoms with van der Waals surface area (Å²) in [4.78, 5) is 0. The highest BCUT2D eigenvalue weighted by Gasteiger charge is 1.54. The quantitative estimate of drug-likeness (QED) is 0.336. The summed E-state index contributed by atoms with van der Waals surface area (Å²) in [5, 5.41) is 0. The molecule has 0 radical (unpaired) electrons. The van der Waals surface area contributed by atoms with Gasteiger partial charge in [-0.2, -0.15) is 0 Å². The van der Waals surface area contributed by atoms with Crippen LogP contribution in [0.25, 0.3) is 0 Å². The second-order valence-electron chi connectivity index (χ2n) is 0.398. The summed E-state index contributed by atoms with van der Waals surface area (Å²) < 4.78 is 4.31. The van der Waals surface area contributed by atoms with E-state index in [9.17, 15) is 0 Å². The van der Waals surface area contributed by atoms with Crippen molar-refractivity contribution in [1.29, 1.82) is 0 Å². The maximum atomic E-state index is 4.96. The summed E-state index contributed by atoms with van der Waals surface area (Å²) >= 11 is 4.96. The van der Waals surface area contributed by atoms with E-state index < -0.39 is 0 Å². The lowest BCUT2D eigenvalue weighted by Gasteiger charge is -1.74. The first-order valence-corrected chi connectivity index (χ1v) is 1.50. The van der Waals surface area contributed by atoms with Crippen LogP contribution in [0.15, 0.2) is 0 Å². The van der Waals surface area contributed by atoms with Crippen LogP contribution >= 0.6 is 11.6 Å². The van der Waals surface area contributed by atoms with Gasteiger partial charge in [0, 0.05) is 7.11 Å². The fourth-order valence-corrected chi connectivity index (χ4v) is 0. The Morgan fingerprint density at radius 3 is 2.00 bits per heavy atom. The molecule has 30 valence electrons. The number of hydrogen-bond acceptors (Lipinski definition) is 1. The van der Waals surface area contributed by atoms with Crippen molar-refractivity contribution >= 4 is 34.7 Å². The maximum absolute atomic E-state index is 4.96. The fraction of sp³-hybridized carbons (Fsp3) is 1.00. The molecule has 0 aromatic rings. The van der Waals surface area contributed by atoms with Crippen LogP contribution in [-0.4, -0.2) is 36.2 Å². The van der Waals surface area contributed by atoms with Gasteiger partial charge in [-0.1, -0.05) is 11.6 Å². The number of halogens is 1. The van der Waals surface area contributed by atoms with Crippen LogP contribution in [-0.2, 0) is 4.74 Å². The summed E-state index contributed by atoms with van der Waals surface area (Å²) in [5.41, 5.74) is 0. The van der Waals surface area contributed by atoms with Crippen LogP contribution < -0.4 is 0 Å². The first-order chi connectivity index (χ1) is 1.91.